The lowest BCUT2D eigenvalue weighted by Crippen LogP contribution is -2.27. The molecular weight excluding hydrogens is 470 g/mol. The second-order valence-electron chi connectivity index (χ2n) is 9.90. The van der Waals surface area contributed by atoms with Crippen LogP contribution in [-0.4, -0.2) is 62.7 Å². The summed E-state index contributed by atoms with van der Waals surface area (Å²) in [6, 6.07) is 22.6. The topological polar surface area (TPSA) is 50.2 Å². The molecule has 2 N–H and O–H groups in total. The van der Waals surface area contributed by atoms with Crippen LogP contribution in [0.15, 0.2) is 60.7 Å². The molecule has 5 nitrogen and oxygen atoms in total. The Morgan fingerprint density at radius 2 is 0.947 bits per heavy atom. The van der Waals surface area contributed by atoms with E-state index < -0.39 is 0 Å². The molecule has 0 saturated carbocycles. The Balaban J connectivity index is 2.10. The van der Waals surface area contributed by atoms with E-state index in [0.717, 1.165) is 26.2 Å². The molecule has 0 bridgehead atoms. The van der Waals surface area contributed by atoms with E-state index in [2.05, 4.69) is 117 Å². The lowest BCUT2D eigenvalue weighted by Gasteiger charge is -2.28. The highest BCUT2D eigenvalue weighted by molar-refractivity contribution is 5.60. The van der Waals surface area contributed by atoms with Gasteiger partial charge in [-0.15, -0.1) is 0 Å². The van der Waals surface area contributed by atoms with Gasteiger partial charge < -0.3 is 24.9 Å². The molecule has 0 heterocycles. The average Bonchev–Trinajstić information content (AvgIpc) is 2.93. The zero-order valence-electron chi connectivity index (χ0n) is 24.2. The van der Waals surface area contributed by atoms with Crippen molar-refractivity contribution in [2.75, 3.05) is 67.2 Å². The minimum absolute atomic E-state index is 0.0992. The number of aliphatic hydroxyl groups is 2. The predicted octanol–water partition coefficient (Wildman–Crippen LogP) is 5.97. The highest BCUT2D eigenvalue weighted by Gasteiger charge is 2.20. The predicted molar refractivity (Wildman–Crippen MR) is 163 cm³/mol. The molecule has 0 amide bonds. The lowest BCUT2D eigenvalue weighted by atomic mass is 9.83. The van der Waals surface area contributed by atoms with Gasteiger partial charge in [0.15, 0.2) is 0 Å². The molecule has 0 unspecified atom stereocenters. The zero-order valence-corrected chi connectivity index (χ0v) is 24.2. The average molecular weight is 518 g/mol. The van der Waals surface area contributed by atoms with Crippen LogP contribution in [0.1, 0.15) is 61.4 Å². The van der Waals surface area contributed by atoms with E-state index >= 15 is 0 Å². The van der Waals surface area contributed by atoms with Gasteiger partial charge in [0, 0.05) is 62.2 Å². The maximum Gasteiger partial charge on any atom is 0.0606 e. The third kappa shape index (κ3) is 6.69. The first kappa shape index (κ1) is 29.5. The van der Waals surface area contributed by atoms with Crippen molar-refractivity contribution in [3.8, 4) is 0 Å². The fourth-order valence-electron chi connectivity index (χ4n) is 5.61. The van der Waals surface area contributed by atoms with Gasteiger partial charge in [-0.05, 0) is 93.6 Å². The molecule has 38 heavy (non-hydrogen) atoms. The molecule has 0 atom stereocenters. The molecule has 3 aromatic rings. The van der Waals surface area contributed by atoms with Crippen LogP contribution in [0, 0.1) is 13.8 Å². The molecule has 0 aliphatic heterocycles. The molecule has 206 valence electrons. The summed E-state index contributed by atoms with van der Waals surface area (Å²) in [5, 5.41) is 19.1. The standard InChI is InChI=1S/C33H47N3O2/c1-7-34(8-2)30-15-11-27(12-16-30)33(28-13-17-31(25(5)23-28)35(9-3)19-21-37)29-14-18-32(26(6)24-29)36(10-4)20-22-38/h11-18,23-24,33,37-38H,7-10,19-22H2,1-6H3. The van der Waals surface area contributed by atoms with Gasteiger partial charge >= 0.3 is 0 Å². The van der Waals surface area contributed by atoms with E-state index in [-0.39, 0.29) is 19.1 Å². The molecule has 0 spiro atoms. The summed E-state index contributed by atoms with van der Waals surface area (Å²) in [7, 11) is 0. The van der Waals surface area contributed by atoms with Crippen LogP contribution in [0.3, 0.4) is 0 Å². The lowest BCUT2D eigenvalue weighted by molar-refractivity contribution is 0.302. The summed E-state index contributed by atoms with van der Waals surface area (Å²) < 4.78 is 0. The molecule has 0 aliphatic carbocycles. The van der Waals surface area contributed by atoms with Crippen molar-refractivity contribution in [2.45, 2.75) is 47.5 Å². The van der Waals surface area contributed by atoms with E-state index in [1.165, 1.54) is 44.9 Å². The Hall–Kier alpha value is -3.02. The van der Waals surface area contributed by atoms with E-state index in [4.69, 9.17) is 0 Å². The Morgan fingerprint density at radius 3 is 1.29 bits per heavy atom. The summed E-state index contributed by atoms with van der Waals surface area (Å²) in [5.41, 5.74) is 9.83. The number of anilines is 3. The first-order valence-electron chi connectivity index (χ1n) is 14.2. The molecule has 3 rings (SSSR count). The van der Waals surface area contributed by atoms with Crippen LogP contribution >= 0.6 is 0 Å². The Labute approximate surface area is 230 Å². The number of nitrogens with zero attached hydrogens (tertiary/aromatic N) is 3. The maximum atomic E-state index is 9.53. The summed E-state index contributed by atoms with van der Waals surface area (Å²) in [4.78, 5) is 6.83. The monoisotopic (exact) mass is 517 g/mol. The van der Waals surface area contributed by atoms with Gasteiger partial charge in [0.2, 0.25) is 0 Å². The van der Waals surface area contributed by atoms with Crippen LogP contribution in [-0.2, 0) is 0 Å². The van der Waals surface area contributed by atoms with Gasteiger partial charge in [-0.1, -0.05) is 36.4 Å². The van der Waals surface area contributed by atoms with Gasteiger partial charge in [0.1, 0.15) is 0 Å². The SMILES string of the molecule is CCN(CC)c1ccc(C(c2ccc(N(CC)CCO)c(C)c2)c2ccc(N(CC)CCO)c(C)c2)cc1. The number of aryl methyl sites for hydroxylation is 2. The normalized spacial score (nSPS) is 11.2. The minimum Gasteiger partial charge on any atom is -0.395 e. The Kier molecular flexibility index (Phi) is 11.1. The Morgan fingerprint density at radius 1 is 0.553 bits per heavy atom. The second kappa shape index (κ2) is 14.2. The number of rotatable bonds is 14. The summed E-state index contributed by atoms with van der Waals surface area (Å²) in [6.45, 7) is 18.2. The minimum atomic E-state index is 0.0992. The number of aliphatic hydroxyl groups excluding tert-OH is 2. The summed E-state index contributed by atoms with van der Waals surface area (Å²) in [5.74, 6) is 0.0992. The molecule has 0 aliphatic rings. The van der Waals surface area contributed by atoms with Crippen molar-refractivity contribution in [1.82, 2.24) is 0 Å². The van der Waals surface area contributed by atoms with Crippen molar-refractivity contribution in [3.63, 3.8) is 0 Å². The first-order chi connectivity index (χ1) is 18.4. The number of hydrogen-bond acceptors (Lipinski definition) is 5. The third-order valence-electron chi connectivity index (χ3n) is 7.65. The molecule has 3 aromatic carbocycles. The van der Waals surface area contributed by atoms with E-state index in [1.54, 1.807) is 0 Å². The van der Waals surface area contributed by atoms with Crippen molar-refractivity contribution >= 4 is 17.1 Å². The largest absolute Gasteiger partial charge is 0.395 e. The quantitative estimate of drug-likeness (QED) is 0.258. The second-order valence-corrected chi connectivity index (χ2v) is 9.90. The van der Waals surface area contributed by atoms with Crippen LogP contribution < -0.4 is 14.7 Å². The zero-order chi connectivity index (χ0) is 27.7. The molecular formula is C33H47N3O2. The highest BCUT2D eigenvalue weighted by atomic mass is 16.3. The van der Waals surface area contributed by atoms with Gasteiger partial charge in [-0.3, -0.25) is 0 Å². The van der Waals surface area contributed by atoms with E-state index in [0.29, 0.717) is 13.1 Å². The van der Waals surface area contributed by atoms with Crippen molar-refractivity contribution in [1.29, 1.82) is 0 Å². The summed E-state index contributed by atoms with van der Waals surface area (Å²) >= 11 is 0. The molecule has 0 saturated heterocycles. The number of hydrogen-bond donors (Lipinski definition) is 2. The van der Waals surface area contributed by atoms with Crippen LogP contribution in [0.25, 0.3) is 0 Å². The fraction of sp³-hybridized carbons (Fsp3) is 0.455. The van der Waals surface area contributed by atoms with E-state index in [1.807, 2.05) is 0 Å². The highest BCUT2D eigenvalue weighted by Crippen LogP contribution is 2.37. The van der Waals surface area contributed by atoms with Gasteiger partial charge in [-0.2, -0.15) is 0 Å². The van der Waals surface area contributed by atoms with Crippen LogP contribution in [0.4, 0.5) is 17.1 Å². The summed E-state index contributed by atoms with van der Waals surface area (Å²) in [6.07, 6.45) is 0. The van der Waals surface area contributed by atoms with Gasteiger partial charge in [0.05, 0.1) is 13.2 Å². The Bertz CT molecular complexity index is 1080. The van der Waals surface area contributed by atoms with E-state index in [9.17, 15) is 10.2 Å². The van der Waals surface area contributed by atoms with Crippen molar-refractivity contribution < 1.29 is 10.2 Å². The first-order valence-corrected chi connectivity index (χ1v) is 14.2. The van der Waals surface area contributed by atoms with Crippen molar-refractivity contribution in [3.05, 3.63) is 88.5 Å². The number of likely N-dealkylation sites (N-methyl/N-ethyl adjacent to an activating group) is 2. The third-order valence-corrected chi connectivity index (χ3v) is 7.65. The molecule has 0 aromatic heterocycles. The molecule has 0 fully saturated rings. The van der Waals surface area contributed by atoms with Gasteiger partial charge in [-0.25, -0.2) is 0 Å². The van der Waals surface area contributed by atoms with Gasteiger partial charge in [0.25, 0.3) is 0 Å². The fourth-order valence-corrected chi connectivity index (χ4v) is 5.61. The van der Waals surface area contributed by atoms with Crippen LogP contribution in [0.2, 0.25) is 0 Å². The number of benzene rings is 3. The molecule has 5 heteroatoms. The smallest absolute Gasteiger partial charge is 0.0606 e. The van der Waals surface area contributed by atoms with Crippen molar-refractivity contribution in [2.24, 2.45) is 0 Å². The van der Waals surface area contributed by atoms with Crippen LogP contribution in [0.5, 0.6) is 0 Å². The molecule has 0 radical (unpaired) electrons. The maximum absolute atomic E-state index is 9.53.